The molecule has 0 saturated carbocycles. The third-order valence-electron chi connectivity index (χ3n) is 3.68. The largest absolute Gasteiger partial charge is 0.494 e. The van der Waals surface area contributed by atoms with Gasteiger partial charge in [0.25, 0.3) is 0 Å². The molecular formula is C18H25F2N5O. The topological polar surface area (TPSA) is 54.7 Å². The first-order valence-corrected chi connectivity index (χ1v) is 8.56. The third-order valence-corrected chi connectivity index (χ3v) is 3.68. The van der Waals surface area contributed by atoms with Crippen LogP contribution in [0.1, 0.15) is 31.8 Å². The molecule has 1 N–H and O–H groups in total. The van der Waals surface area contributed by atoms with Crippen LogP contribution in [0.15, 0.2) is 41.7 Å². The van der Waals surface area contributed by atoms with Gasteiger partial charge < -0.3 is 15.0 Å². The first kappa shape index (κ1) is 19.7. The molecule has 6 nitrogen and oxygen atoms in total. The predicted octanol–water partition coefficient (Wildman–Crippen LogP) is 3.27. The van der Waals surface area contributed by atoms with E-state index in [2.05, 4.69) is 15.3 Å². The number of nitrogens with one attached hydrogen (secondary N) is 1. The van der Waals surface area contributed by atoms with Gasteiger partial charge in [0.2, 0.25) is 0 Å². The van der Waals surface area contributed by atoms with Gasteiger partial charge in [-0.3, -0.25) is 4.57 Å². The summed E-state index contributed by atoms with van der Waals surface area (Å²) in [6.45, 7) is 3.29. The number of alkyl halides is 2. The average Bonchev–Trinajstić information content (AvgIpc) is 3.09. The van der Waals surface area contributed by atoms with Crippen LogP contribution in [0.25, 0.3) is 0 Å². The molecule has 0 saturated heterocycles. The van der Waals surface area contributed by atoms with Crippen LogP contribution in [0, 0.1) is 0 Å². The van der Waals surface area contributed by atoms with Crippen molar-refractivity contribution < 1.29 is 13.5 Å². The summed E-state index contributed by atoms with van der Waals surface area (Å²) in [5.74, 6) is 1.69. The summed E-state index contributed by atoms with van der Waals surface area (Å²) in [7, 11) is 1.90. The third kappa shape index (κ3) is 5.44. The highest BCUT2D eigenvalue weighted by atomic mass is 19.3. The van der Waals surface area contributed by atoms with E-state index in [0.29, 0.717) is 25.7 Å². The zero-order chi connectivity index (χ0) is 18.9. The first-order valence-electron chi connectivity index (χ1n) is 8.56. The number of aliphatic imine (C=N–C) groups is 1. The van der Waals surface area contributed by atoms with Crippen molar-refractivity contribution in [3.05, 3.63) is 48.0 Å². The zero-order valence-electron chi connectivity index (χ0n) is 15.3. The van der Waals surface area contributed by atoms with Crippen LogP contribution < -0.4 is 10.1 Å². The lowest BCUT2D eigenvalue weighted by atomic mass is 10.2. The van der Waals surface area contributed by atoms with Crippen molar-refractivity contribution in [1.82, 2.24) is 19.8 Å². The highest BCUT2D eigenvalue weighted by molar-refractivity contribution is 5.79. The summed E-state index contributed by atoms with van der Waals surface area (Å²) in [5.41, 5.74) is 1.09. The molecule has 1 aromatic heterocycles. The number of aromatic nitrogens is 2. The van der Waals surface area contributed by atoms with E-state index in [1.807, 2.05) is 50.1 Å². The van der Waals surface area contributed by atoms with Gasteiger partial charge in [-0.2, -0.15) is 8.78 Å². The van der Waals surface area contributed by atoms with Crippen LogP contribution in [-0.4, -0.2) is 40.6 Å². The molecule has 1 aromatic carbocycles. The molecule has 0 unspecified atom stereocenters. The fourth-order valence-corrected chi connectivity index (χ4v) is 2.47. The van der Waals surface area contributed by atoms with Gasteiger partial charge in [0.15, 0.2) is 5.96 Å². The molecule has 26 heavy (non-hydrogen) atoms. The van der Waals surface area contributed by atoms with Gasteiger partial charge in [-0.15, -0.1) is 0 Å². The molecule has 0 atom stereocenters. The van der Waals surface area contributed by atoms with Gasteiger partial charge in [0, 0.05) is 32.5 Å². The Balaban J connectivity index is 2.05. The first-order chi connectivity index (χ1) is 12.5. The van der Waals surface area contributed by atoms with Gasteiger partial charge >= 0.3 is 6.55 Å². The molecule has 2 rings (SSSR count). The van der Waals surface area contributed by atoms with Crippen molar-refractivity contribution in [3.63, 3.8) is 0 Å². The van der Waals surface area contributed by atoms with Gasteiger partial charge in [0.05, 0.1) is 6.61 Å². The van der Waals surface area contributed by atoms with Crippen LogP contribution in [-0.2, 0) is 13.1 Å². The molecule has 8 heteroatoms. The number of halogens is 2. The van der Waals surface area contributed by atoms with Gasteiger partial charge in [-0.1, -0.05) is 12.1 Å². The lowest BCUT2D eigenvalue weighted by Crippen LogP contribution is -2.38. The molecule has 0 amide bonds. The van der Waals surface area contributed by atoms with Crippen molar-refractivity contribution in [3.8, 4) is 5.75 Å². The number of benzene rings is 1. The molecule has 0 bridgehead atoms. The summed E-state index contributed by atoms with van der Waals surface area (Å²) in [5, 5.41) is 3.17. The Hall–Kier alpha value is -2.64. The minimum Gasteiger partial charge on any atom is -0.494 e. The highest BCUT2D eigenvalue weighted by Gasteiger charge is 2.12. The lowest BCUT2D eigenvalue weighted by Gasteiger charge is -2.22. The van der Waals surface area contributed by atoms with E-state index in [4.69, 9.17) is 4.74 Å². The maximum Gasteiger partial charge on any atom is 0.319 e. The van der Waals surface area contributed by atoms with E-state index in [1.54, 1.807) is 0 Å². The Morgan fingerprint density at radius 2 is 2.04 bits per heavy atom. The summed E-state index contributed by atoms with van der Waals surface area (Å²) < 4.78 is 32.1. The van der Waals surface area contributed by atoms with Crippen LogP contribution in [0.3, 0.4) is 0 Å². The Morgan fingerprint density at radius 1 is 1.31 bits per heavy atom. The van der Waals surface area contributed by atoms with E-state index in [9.17, 15) is 8.78 Å². The molecule has 0 spiro atoms. The number of rotatable bonds is 8. The summed E-state index contributed by atoms with van der Waals surface area (Å²) in [6, 6.07) is 7.84. The Bertz CT molecular complexity index is 700. The van der Waals surface area contributed by atoms with Crippen molar-refractivity contribution in [2.24, 2.45) is 4.99 Å². The Labute approximate surface area is 152 Å². The monoisotopic (exact) mass is 365 g/mol. The second-order valence-electron chi connectivity index (χ2n) is 5.63. The molecule has 0 aliphatic carbocycles. The highest BCUT2D eigenvalue weighted by Crippen LogP contribution is 2.14. The summed E-state index contributed by atoms with van der Waals surface area (Å²) in [6.07, 6.45) is 2.61. The van der Waals surface area contributed by atoms with Crippen molar-refractivity contribution in [2.75, 3.05) is 20.2 Å². The van der Waals surface area contributed by atoms with E-state index in [0.717, 1.165) is 15.9 Å². The molecular weight excluding hydrogens is 340 g/mol. The number of nitrogens with zero attached hydrogens (tertiary/aromatic N) is 4. The van der Waals surface area contributed by atoms with E-state index < -0.39 is 6.55 Å². The van der Waals surface area contributed by atoms with E-state index >= 15 is 0 Å². The number of guanidine groups is 1. The predicted molar refractivity (Wildman–Crippen MR) is 97.4 cm³/mol. The zero-order valence-corrected chi connectivity index (χ0v) is 15.3. The molecule has 0 aliphatic rings. The van der Waals surface area contributed by atoms with Gasteiger partial charge in [0.1, 0.15) is 18.1 Å². The van der Waals surface area contributed by atoms with Crippen LogP contribution in [0.2, 0.25) is 0 Å². The number of imidazole rings is 1. The quantitative estimate of drug-likeness (QED) is 0.576. The minimum absolute atomic E-state index is 0.0767. The van der Waals surface area contributed by atoms with Crippen LogP contribution >= 0.6 is 0 Å². The summed E-state index contributed by atoms with van der Waals surface area (Å²) >= 11 is 0. The molecule has 0 fully saturated rings. The van der Waals surface area contributed by atoms with E-state index in [1.165, 1.54) is 12.4 Å². The minimum atomic E-state index is -2.62. The summed E-state index contributed by atoms with van der Waals surface area (Å²) in [4.78, 5) is 10.3. The maximum absolute atomic E-state index is 12.9. The number of hydrogen-bond acceptors (Lipinski definition) is 3. The van der Waals surface area contributed by atoms with Crippen LogP contribution in [0.5, 0.6) is 5.75 Å². The lowest BCUT2D eigenvalue weighted by molar-refractivity contribution is 0.0671. The molecule has 0 aliphatic heterocycles. The fourth-order valence-electron chi connectivity index (χ4n) is 2.47. The number of ether oxygens (including phenoxy) is 1. The fraction of sp³-hybridized carbons (Fsp3) is 0.444. The van der Waals surface area contributed by atoms with E-state index in [-0.39, 0.29) is 12.4 Å². The van der Waals surface area contributed by atoms with Crippen molar-refractivity contribution >= 4 is 5.96 Å². The van der Waals surface area contributed by atoms with Crippen molar-refractivity contribution in [2.45, 2.75) is 33.5 Å². The second-order valence-corrected chi connectivity index (χ2v) is 5.63. The maximum atomic E-state index is 12.9. The van der Waals surface area contributed by atoms with Gasteiger partial charge in [-0.25, -0.2) is 9.98 Å². The number of hydrogen-bond donors (Lipinski definition) is 1. The smallest absolute Gasteiger partial charge is 0.319 e. The van der Waals surface area contributed by atoms with Crippen molar-refractivity contribution in [1.29, 1.82) is 0 Å². The SMILES string of the molecule is CCNC(=NCc1nccn1C(F)F)N(C)Cc1ccc(OCC)cc1. The average molecular weight is 365 g/mol. The second kappa shape index (κ2) is 9.74. The molecule has 142 valence electrons. The molecule has 1 heterocycles. The standard InChI is InChI=1S/C18H25F2N5O/c1-4-21-18(23-12-16-22-10-11-25(16)17(19)20)24(3)13-14-6-8-15(9-7-14)26-5-2/h6-11,17H,4-5,12-13H2,1-3H3,(H,21,23). The molecule has 0 radical (unpaired) electrons. The van der Waals surface area contributed by atoms with Gasteiger partial charge in [-0.05, 0) is 31.5 Å². The van der Waals surface area contributed by atoms with Crippen LogP contribution in [0.4, 0.5) is 8.78 Å². The Kier molecular flexibility index (Phi) is 7.37. The normalized spacial score (nSPS) is 11.7. The Morgan fingerprint density at radius 3 is 2.65 bits per heavy atom. The molecule has 2 aromatic rings.